The van der Waals surface area contributed by atoms with E-state index in [1.54, 1.807) is 12.1 Å². The number of ether oxygens (including phenoxy) is 1. The maximum absolute atomic E-state index is 12.3. The summed E-state index contributed by atoms with van der Waals surface area (Å²) < 4.78 is 5.70. The molecule has 1 heterocycles. The number of nitrogens with zero attached hydrogens (tertiary/aromatic N) is 2. The molecule has 0 radical (unpaired) electrons. The Kier molecular flexibility index (Phi) is 4.10. The van der Waals surface area contributed by atoms with Gasteiger partial charge in [0.05, 0.1) is 0 Å². The van der Waals surface area contributed by atoms with Crippen molar-refractivity contribution in [1.29, 1.82) is 0 Å². The quantitative estimate of drug-likeness (QED) is 0.758. The summed E-state index contributed by atoms with van der Waals surface area (Å²) in [7, 11) is 0. The summed E-state index contributed by atoms with van der Waals surface area (Å²) in [6.07, 6.45) is 1.33. The zero-order valence-corrected chi connectivity index (χ0v) is 11.7. The van der Waals surface area contributed by atoms with Crippen LogP contribution in [-0.4, -0.2) is 21.1 Å². The Labute approximate surface area is 127 Å². The molecule has 0 saturated heterocycles. The molecule has 110 valence electrons. The lowest BCUT2D eigenvalue weighted by Crippen LogP contribution is -2.16. The van der Waals surface area contributed by atoms with Gasteiger partial charge in [-0.15, -0.1) is 0 Å². The fourth-order valence-electron chi connectivity index (χ4n) is 1.99. The highest BCUT2D eigenvalue weighted by atomic mass is 16.5. The molecule has 0 atom stereocenters. The van der Waals surface area contributed by atoms with Crippen molar-refractivity contribution in [1.82, 2.24) is 15.2 Å². The van der Waals surface area contributed by atoms with Crippen LogP contribution in [0.25, 0.3) is 0 Å². The molecule has 0 saturated carbocycles. The molecule has 6 heteroatoms. The summed E-state index contributed by atoms with van der Waals surface area (Å²) >= 11 is 0. The fraction of sp³-hybridized carbons (Fsp3) is 0.0625. The lowest BCUT2D eigenvalue weighted by atomic mass is 10.1. The number of aromatic amines is 1. The largest absolute Gasteiger partial charge is 0.489 e. The standard InChI is InChI=1S/C16H14N4O2/c21-15(19-16-17-11-18-20-16)14-9-5-4-6-12(14)10-22-13-7-2-1-3-8-13/h1-9,11H,10H2,(H2,17,18,19,20,21). The Morgan fingerprint density at radius 1 is 1.09 bits per heavy atom. The van der Waals surface area contributed by atoms with Gasteiger partial charge in [-0.3, -0.25) is 10.1 Å². The monoisotopic (exact) mass is 294 g/mol. The van der Waals surface area contributed by atoms with Crippen molar-refractivity contribution in [3.05, 3.63) is 72.1 Å². The number of aromatic nitrogens is 3. The first-order chi connectivity index (χ1) is 10.8. The lowest BCUT2D eigenvalue weighted by molar-refractivity contribution is 0.102. The minimum atomic E-state index is -0.260. The smallest absolute Gasteiger partial charge is 0.258 e. The van der Waals surface area contributed by atoms with Crippen LogP contribution in [-0.2, 0) is 6.61 Å². The van der Waals surface area contributed by atoms with E-state index in [0.29, 0.717) is 18.1 Å². The summed E-state index contributed by atoms with van der Waals surface area (Å²) in [5, 5.41) is 8.94. The zero-order valence-electron chi connectivity index (χ0n) is 11.7. The Morgan fingerprint density at radius 3 is 2.64 bits per heavy atom. The summed E-state index contributed by atoms with van der Waals surface area (Å²) in [5.41, 5.74) is 1.33. The molecule has 0 spiro atoms. The second kappa shape index (κ2) is 6.53. The van der Waals surface area contributed by atoms with E-state index < -0.39 is 0 Å². The molecule has 0 aliphatic carbocycles. The summed E-state index contributed by atoms with van der Waals surface area (Å²) in [6, 6.07) is 16.7. The van der Waals surface area contributed by atoms with Gasteiger partial charge in [0.1, 0.15) is 18.7 Å². The minimum absolute atomic E-state index is 0.260. The molecule has 6 nitrogen and oxygen atoms in total. The van der Waals surface area contributed by atoms with Crippen molar-refractivity contribution in [3.8, 4) is 5.75 Å². The molecular formula is C16H14N4O2. The van der Waals surface area contributed by atoms with Crippen LogP contribution in [0.3, 0.4) is 0 Å². The maximum atomic E-state index is 12.3. The SMILES string of the molecule is O=C(Nc1ncn[nH]1)c1ccccc1COc1ccccc1. The number of carbonyl (C=O) groups is 1. The van der Waals surface area contributed by atoms with Crippen LogP contribution in [0, 0.1) is 0 Å². The van der Waals surface area contributed by atoms with Gasteiger partial charge in [0.2, 0.25) is 5.95 Å². The van der Waals surface area contributed by atoms with Gasteiger partial charge in [-0.2, -0.15) is 10.1 Å². The van der Waals surface area contributed by atoms with Gasteiger partial charge >= 0.3 is 0 Å². The highest BCUT2D eigenvalue weighted by molar-refractivity contribution is 6.04. The highest BCUT2D eigenvalue weighted by Crippen LogP contribution is 2.15. The van der Waals surface area contributed by atoms with Crippen LogP contribution in [0.5, 0.6) is 5.75 Å². The number of H-pyrrole nitrogens is 1. The topological polar surface area (TPSA) is 79.9 Å². The number of nitrogens with one attached hydrogen (secondary N) is 2. The number of hydrogen-bond donors (Lipinski definition) is 2. The summed E-state index contributed by atoms with van der Waals surface area (Å²) in [5.74, 6) is 0.806. The third-order valence-corrected chi connectivity index (χ3v) is 3.05. The van der Waals surface area contributed by atoms with Gasteiger partial charge in [0, 0.05) is 11.1 Å². The van der Waals surface area contributed by atoms with E-state index in [0.717, 1.165) is 11.3 Å². The van der Waals surface area contributed by atoms with E-state index in [1.165, 1.54) is 6.33 Å². The second-order valence-electron chi connectivity index (χ2n) is 4.55. The minimum Gasteiger partial charge on any atom is -0.489 e. The van der Waals surface area contributed by atoms with Gasteiger partial charge in [0.15, 0.2) is 0 Å². The van der Waals surface area contributed by atoms with Crippen molar-refractivity contribution >= 4 is 11.9 Å². The van der Waals surface area contributed by atoms with Crippen molar-refractivity contribution < 1.29 is 9.53 Å². The van der Waals surface area contributed by atoms with E-state index in [9.17, 15) is 4.79 Å². The molecule has 0 fully saturated rings. The first-order valence-electron chi connectivity index (χ1n) is 6.75. The normalized spacial score (nSPS) is 10.2. The number of anilines is 1. The average molecular weight is 294 g/mol. The number of rotatable bonds is 5. The third-order valence-electron chi connectivity index (χ3n) is 3.05. The van der Waals surface area contributed by atoms with Crippen LogP contribution < -0.4 is 10.1 Å². The van der Waals surface area contributed by atoms with E-state index in [4.69, 9.17) is 4.74 Å². The van der Waals surface area contributed by atoms with Gasteiger partial charge in [-0.05, 0) is 18.2 Å². The zero-order chi connectivity index (χ0) is 15.2. The number of carbonyl (C=O) groups excluding carboxylic acids is 1. The van der Waals surface area contributed by atoms with Crippen molar-refractivity contribution in [2.75, 3.05) is 5.32 Å². The van der Waals surface area contributed by atoms with Crippen LogP contribution in [0.2, 0.25) is 0 Å². The molecule has 2 aromatic carbocycles. The molecule has 1 amide bonds. The molecule has 3 aromatic rings. The molecule has 0 bridgehead atoms. The highest BCUT2D eigenvalue weighted by Gasteiger charge is 2.12. The van der Waals surface area contributed by atoms with Gasteiger partial charge in [-0.1, -0.05) is 36.4 Å². The number of para-hydroxylation sites is 1. The second-order valence-corrected chi connectivity index (χ2v) is 4.55. The Hall–Kier alpha value is -3.15. The number of benzene rings is 2. The van der Waals surface area contributed by atoms with Gasteiger partial charge in [-0.25, -0.2) is 5.10 Å². The fourth-order valence-corrected chi connectivity index (χ4v) is 1.99. The van der Waals surface area contributed by atoms with E-state index in [-0.39, 0.29) is 5.91 Å². The number of amides is 1. The maximum Gasteiger partial charge on any atom is 0.258 e. The lowest BCUT2D eigenvalue weighted by Gasteiger charge is -2.10. The first-order valence-corrected chi connectivity index (χ1v) is 6.75. The van der Waals surface area contributed by atoms with Crippen molar-refractivity contribution in [2.24, 2.45) is 0 Å². The van der Waals surface area contributed by atoms with E-state index in [2.05, 4.69) is 20.5 Å². The molecule has 3 rings (SSSR count). The Balaban J connectivity index is 1.73. The molecule has 22 heavy (non-hydrogen) atoms. The molecule has 0 unspecified atom stereocenters. The van der Waals surface area contributed by atoms with Crippen LogP contribution >= 0.6 is 0 Å². The molecule has 2 N–H and O–H groups in total. The molecule has 0 aliphatic heterocycles. The Morgan fingerprint density at radius 2 is 1.86 bits per heavy atom. The van der Waals surface area contributed by atoms with E-state index in [1.807, 2.05) is 42.5 Å². The third kappa shape index (κ3) is 3.29. The Bertz CT molecular complexity index is 742. The average Bonchev–Trinajstić information content (AvgIpc) is 3.07. The summed E-state index contributed by atoms with van der Waals surface area (Å²) in [4.78, 5) is 16.2. The van der Waals surface area contributed by atoms with Crippen LogP contribution in [0.1, 0.15) is 15.9 Å². The predicted molar refractivity (Wildman–Crippen MR) is 81.6 cm³/mol. The van der Waals surface area contributed by atoms with Gasteiger partial charge < -0.3 is 4.74 Å². The molecule has 0 aliphatic rings. The van der Waals surface area contributed by atoms with E-state index >= 15 is 0 Å². The molecular weight excluding hydrogens is 280 g/mol. The number of hydrogen-bond acceptors (Lipinski definition) is 4. The van der Waals surface area contributed by atoms with Crippen molar-refractivity contribution in [2.45, 2.75) is 6.61 Å². The van der Waals surface area contributed by atoms with Crippen LogP contribution in [0.15, 0.2) is 60.9 Å². The predicted octanol–water partition coefficient (Wildman–Crippen LogP) is 2.64. The summed E-state index contributed by atoms with van der Waals surface area (Å²) in [6.45, 7) is 0.310. The van der Waals surface area contributed by atoms with Crippen LogP contribution in [0.4, 0.5) is 5.95 Å². The first kappa shape index (κ1) is 13.8. The van der Waals surface area contributed by atoms with Gasteiger partial charge in [0.25, 0.3) is 5.91 Å². The van der Waals surface area contributed by atoms with Crippen molar-refractivity contribution in [3.63, 3.8) is 0 Å². The molecule has 1 aromatic heterocycles.